The number of ether oxygens (including phenoxy) is 1. The van der Waals surface area contributed by atoms with Crippen LogP contribution >= 0.6 is 35.0 Å². The first kappa shape index (κ1) is 23.4. The molecule has 4 rings (SSSR count). The first-order valence-electron chi connectivity index (χ1n) is 10.4. The second-order valence-corrected chi connectivity index (χ2v) is 9.03. The lowest BCUT2D eigenvalue weighted by Gasteiger charge is -2.11. The van der Waals surface area contributed by atoms with Crippen LogP contribution in [-0.4, -0.2) is 26.3 Å². The number of aryl methyl sites for hydroxylation is 1. The Morgan fingerprint density at radius 1 is 0.909 bits per heavy atom. The maximum Gasteiger partial charge on any atom is 0.196 e. The largest absolute Gasteiger partial charge is 0.486 e. The monoisotopic (exact) mass is 497 g/mol. The Hall–Kier alpha value is -2.80. The van der Waals surface area contributed by atoms with E-state index in [0.29, 0.717) is 32.3 Å². The number of aromatic nitrogens is 3. The van der Waals surface area contributed by atoms with Gasteiger partial charge in [0.2, 0.25) is 0 Å². The van der Waals surface area contributed by atoms with Gasteiger partial charge in [-0.25, -0.2) is 0 Å². The minimum absolute atomic E-state index is 0.0345. The van der Waals surface area contributed by atoms with E-state index in [-0.39, 0.29) is 18.1 Å². The van der Waals surface area contributed by atoms with Gasteiger partial charge in [0.15, 0.2) is 16.8 Å². The van der Waals surface area contributed by atoms with Crippen LogP contribution in [0, 0.1) is 0 Å². The van der Waals surface area contributed by atoms with Crippen LogP contribution < -0.4 is 4.74 Å². The molecule has 4 aromatic rings. The molecule has 0 unspecified atom stereocenters. The minimum Gasteiger partial charge on any atom is -0.486 e. The van der Waals surface area contributed by atoms with Gasteiger partial charge < -0.3 is 4.74 Å². The van der Waals surface area contributed by atoms with E-state index < -0.39 is 0 Å². The van der Waals surface area contributed by atoms with Crippen LogP contribution in [0.25, 0.3) is 5.69 Å². The van der Waals surface area contributed by atoms with Crippen LogP contribution in [-0.2, 0) is 13.0 Å². The van der Waals surface area contributed by atoms with E-state index in [1.807, 2.05) is 41.0 Å². The molecular formula is C25H21Cl2N3O2S. The summed E-state index contributed by atoms with van der Waals surface area (Å²) in [6.45, 7) is 2.29. The molecule has 0 amide bonds. The molecule has 0 radical (unpaired) electrons. The molecule has 0 bridgehead atoms. The predicted octanol–water partition coefficient (Wildman–Crippen LogP) is 6.69. The lowest BCUT2D eigenvalue weighted by Crippen LogP contribution is -2.08. The molecule has 0 saturated heterocycles. The molecule has 33 heavy (non-hydrogen) atoms. The lowest BCUT2D eigenvalue weighted by atomic mass is 10.1. The van der Waals surface area contributed by atoms with Gasteiger partial charge in [0.25, 0.3) is 0 Å². The van der Waals surface area contributed by atoms with Gasteiger partial charge in [0, 0.05) is 21.3 Å². The van der Waals surface area contributed by atoms with E-state index in [2.05, 4.69) is 17.1 Å². The van der Waals surface area contributed by atoms with Crippen LogP contribution in [0.15, 0.2) is 78.0 Å². The molecule has 0 spiro atoms. The highest BCUT2D eigenvalue weighted by Crippen LogP contribution is 2.25. The zero-order valence-electron chi connectivity index (χ0n) is 17.9. The van der Waals surface area contributed by atoms with E-state index in [1.165, 1.54) is 17.3 Å². The van der Waals surface area contributed by atoms with Crippen molar-refractivity contribution in [2.24, 2.45) is 0 Å². The second kappa shape index (κ2) is 10.9. The van der Waals surface area contributed by atoms with E-state index in [4.69, 9.17) is 27.9 Å². The zero-order chi connectivity index (χ0) is 23.2. The summed E-state index contributed by atoms with van der Waals surface area (Å²) in [6, 6.07) is 22.2. The number of benzene rings is 3. The zero-order valence-corrected chi connectivity index (χ0v) is 20.2. The molecule has 5 nitrogen and oxygen atoms in total. The quantitative estimate of drug-likeness (QED) is 0.190. The van der Waals surface area contributed by atoms with Crippen molar-refractivity contribution in [2.75, 3.05) is 5.75 Å². The molecule has 168 valence electrons. The third-order valence-electron chi connectivity index (χ3n) is 4.98. The summed E-state index contributed by atoms with van der Waals surface area (Å²) in [7, 11) is 0. The number of thioether (sulfide) groups is 1. The first-order chi connectivity index (χ1) is 16.0. The molecule has 3 aromatic carbocycles. The molecule has 0 aliphatic rings. The number of hydrogen-bond acceptors (Lipinski definition) is 5. The van der Waals surface area contributed by atoms with Crippen molar-refractivity contribution in [3.63, 3.8) is 0 Å². The van der Waals surface area contributed by atoms with Gasteiger partial charge in [-0.15, -0.1) is 10.2 Å². The average Bonchev–Trinajstić information content (AvgIpc) is 3.25. The molecule has 0 atom stereocenters. The van der Waals surface area contributed by atoms with E-state index in [0.717, 1.165) is 12.1 Å². The number of carbonyl (C=O) groups excluding carboxylic acids is 1. The van der Waals surface area contributed by atoms with Gasteiger partial charge in [-0.05, 0) is 60.5 Å². The summed E-state index contributed by atoms with van der Waals surface area (Å²) in [5.41, 5.74) is 2.72. The summed E-state index contributed by atoms with van der Waals surface area (Å²) >= 11 is 13.4. The Balaban J connectivity index is 1.54. The second-order valence-electron chi connectivity index (χ2n) is 7.22. The Labute approximate surface area is 206 Å². The highest BCUT2D eigenvalue weighted by atomic mass is 35.5. The Morgan fingerprint density at radius 3 is 2.18 bits per heavy atom. The minimum atomic E-state index is 0.0345. The maximum absolute atomic E-state index is 12.7. The summed E-state index contributed by atoms with van der Waals surface area (Å²) < 4.78 is 7.76. The van der Waals surface area contributed by atoms with Gasteiger partial charge in [-0.1, -0.05) is 66.2 Å². The molecule has 1 aromatic heterocycles. The SMILES string of the molecule is CCc1ccc(C(=O)CSc2nnc(COc3ccc(Cl)cc3)n2-c2ccc(Cl)cc2)cc1. The van der Waals surface area contributed by atoms with Crippen molar-refractivity contribution < 1.29 is 9.53 Å². The van der Waals surface area contributed by atoms with Crippen molar-refractivity contribution >= 4 is 40.7 Å². The standard InChI is InChI=1S/C25H21Cl2N3O2S/c1-2-17-3-5-18(6-4-17)23(31)16-33-25-29-28-24(15-32-22-13-9-20(27)10-14-22)30(25)21-11-7-19(26)8-12-21/h3-14H,2,15-16H2,1H3. The van der Waals surface area contributed by atoms with Crippen LogP contribution in [0.4, 0.5) is 0 Å². The molecule has 0 aliphatic heterocycles. The number of carbonyl (C=O) groups is 1. The van der Waals surface area contributed by atoms with Crippen LogP contribution in [0.3, 0.4) is 0 Å². The number of ketones is 1. The number of Topliss-reactive ketones (excluding diaryl/α,β-unsaturated/α-hetero) is 1. The Kier molecular flexibility index (Phi) is 7.70. The molecule has 1 heterocycles. The fraction of sp³-hybridized carbons (Fsp3) is 0.160. The number of halogens is 2. The van der Waals surface area contributed by atoms with Gasteiger partial charge >= 0.3 is 0 Å². The van der Waals surface area contributed by atoms with Crippen LogP contribution in [0.5, 0.6) is 5.75 Å². The lowest BCUT2D eigenvalue weighted by molar-refractivity contribution is 0.102. The molecule has 0 N–H and O–H groups in total. The normalized spacial score (nSPS) is 10.9. The van der Waals surface area contributed by atoms with Crippen LogP contribution in [0.1, 0.15) is 28.7 Å². The van der Waals surface area contributed by atoms with Gasteiger partial charge in [0.05, 0.1) is 5.75 Å². The highest BCUT2D eigenvalue weighted by Gasteiger charge is 2.17. The van der Waals surface area contributed by atoms with E-state index >= 15 is 0 Å². The van der Waals surface area contributed by atoms with Crippen molar-refractivity contribution in [2.45, 2.75) is 25.1 Å². The molecule has 0 saturated carbocycles. The van der Waals surface area contributed by atoms with E-state index in [1.54, 1.807) is 36.4 Å². The third-order valence-corrected chi connectivity index (χ3v) is 6.42. The molecule has 0 aliphatic carbocycles. The average molecular weight is 498 g/mol. The fourth-order valence-corrected chi connectivity index (χ4v) is 4.27. The number of hydrogen-bond donors (Lipinski definition) is 0. The Morgan fingerprint density at radius 2 is 1.55 bits per heavy atom. The number of rotatable bonds is 9. The topological polar surface area (TPSA) is 57.0 Å². The fourth-order valence-electron chi connectivity index (χ4n) is 3.16. The smallest absolute Gasteiger partial charge is 0.196 e. The third kappa shape index (κ3) is 5.96. The van der Waals surface area contributed by atoms with Gasteiger partial charge in [0.1, 0.15) is 12.4 Å². The molecule has 0 fully saturated rings. The van der Waals surface area contributed by atoms with Gasteiger partial charge in [-0.2, -0.15) is 0 Å². The number of nitrogens with zero attached hydrogens (tertiary/aromatic N) is 3. The summed E-state index contributed by atoms with van der Waals surface area (Å²) in [5, 5.41) is 10.5. The van der Waals surface area contributed by atoms with Gasteiger partial charge in [-0.3, -0.25) is 9.36 Å². The maximum atomic E-state index is 12.7. The molecule has 8 heteroatoms. The van der Waals surface area contributed by atoms with Crippen LogP contribution in [0.2, 0.25) is 10.0 Å². The molecular weight excluding hydrogens is 477 g/mol. The highest BCUT2D eigenvalue weighted by molar-refractivity contribution is 7.99. The summed E-state index contributed by atoms with van der Waals surface area (Å²) in [5.74, 6) is 1.56. The summed E-state index contributed by atoms with van der Waals surface area (Å²) in [4.78, 5) is 12.7. The first-order valence-corrected chi connectivity index (χ1v) is 12.1. The van der Waals surface area contributed by atoms with E-state index in [9.17, 15) is 4.79 Å². The summed E-state index contributed by atoms with van der Waals surface area (Å²) in [6.07, 6.45) is 0.939. The van der Waals surface area contributed by atoms with Crippen molar-refractivity contribution in [3.8, 4) is 11.4 Å². The van der Waals surface area contributed by atoms with Crippen molar-refractivity contribution in [3.05, 3.63) is 99.8 Å². The Bertz CT molecular complexity index is 1220. The van der Waals surface area contributed by atoms with Crippen molar-refractivity contribution in [1.29, 1.82) is 0 Å². The predicted molar refractivity (Wildman–Crippen MR) is 133 cm³/mol. The van der Waals surface area contributed by atoms with Crippen molar-refractivity contribution in [1.82, 2.24) is 14.8 Å².